The van der Waals surface area contributed by atoms with Crippen molar-refractivity contribution in [3.8, 4) is 0 Å². The second-order valence-corrected chi connectivity index (χ2v) is 4.31. The molecule has 0 atom stereocenters. The Kier molecular flexibility index (Phi) is 11.4. The summed E-state index contributed by atoms with van der Waals surface area (Å²) in [4.78, 5) is 13.7. The van der Waals surface area contributed by atoms with E-state index in [0.717, 1.165) is 39.3 Å². The molecule has 0 aromatic rings. The van der Waals surface area contributed by atoms with Gasteiger partial charge in [-0.2, -0.15) is 0 Å². The highest BCUT2D eigenvalue weighted by Crippen LogP contribution is 1.93. The number of carbonyl (C=O) groups excluding carboxylic acids is 1. The molecule has 0 spiro atoms. The molecular formula is C13H28N2O2. The molecule has 0 fully saturated rings. The Labute approximate surface area is 106 Å². The van der Waals surface area contributed by atoms with E-state index in [0.29, 0.717) is 6.42 Å². The minimum absolute atomic E-state index is 0.143. The van der Waals surface area contributed by atoms with Gasteiger partial charge in [0, 0.05) is 32.7 Å². The molecule has 1 N–H and O–H groups in total. The van der Waals surface area contributed by atoms with Gasteiger partial charge in [-0.25, -0.2) is 0 Å². The van der Waals surface area contributed by atoms with Crippen LogP contribution in [0.5, 0.6) is 0 Å². The van der Waals surface area contributed by atoms with Gasteiger partial charge in [-0.3, -0.25) is 4.79 Å². The number of carbonyl (C=O) groups is 1. The SMILES string of the molecule is CCCCN(C)CCC(=O)NCCCOCC. The maximum absolute atomic E-state index is 11.5. The third kappa shape index (κ3) is 11.6. The summed E-state index contributed by atoms with van der Waals surface area (Å²) in [6, 6.07) is 0. The number of hydrogen-bond donors (Lipinski definition) is 1. The molecule has 0 radical (unpaired) electrons. The van der Waals surface area contributed by atoms with E-state index in [-0.39, 0.29) is 5.91 Å². The summed E-state index contributed by atoms with van der Waals surface area (Å²) in [6.07, 6.45) is 3.89. The number of unbranched alkanes of at least 4 members (excludes halogenated alkanes) is 1. The predicted octanol–water partition coefficient (Wildman–Crippen LogP) is 1.65. The van der Waals surface area contributed by atoms with Crippen molar-refractivity contribution in [3.63, 3.8) is 0 Å². The van der Waals surface area contributed by atoms with Gasteiger partial charge in [0.25, 0.3) is 0 Å². The van der Waals surface area contributed by atoms with E-state index in [1.807, 2.05) is 6.92 Å². The Balaban J connectivity index is 3.33. The lowest BCUT2D eigenvalue weighted by atomic mass is 10.3. The molecule has 0 aliphatic carbocycles. The van der Waals surface area contributed by atoms with Gasteiger partial charge in [-0.1, -0.05) is 13.3 Å². The van der Waals surface area contributed by atoms with Crippen LogP contribution in [0.1, 0.15) is 39.5 Å². The second kappa shape index (κ2) is 11.9. The summed E-state index contributed by atoms with van der Waals surface area (Å²) >= 11 is 0. The van der Waals surface area contributed by atoms with E-state index < -0.39 is 0 Å². The van der Waals surface area contributed by atoms with Gasteiger partial charge in [0.05, 0.1) is 0 Å². The number of amides is 1. The van der Waals surface area contributed by atoms with E-state index in [2.05, 4.69) is 24.2 Å². The van der Waals surface area contributed by atoms with Gasteiger partial charge >= 0.3 is 0 Å². The smallest absolute Gasteiger partial charge is 0.221 e. The molecular weight excluding hydrogens is 216 g/mol. The molecule has 0 heterocycles. The zero-order valence-electron chi connectivity index (χ0n) is 11.6. The summed E-state index contributed by atoms with van der Waals surface area (Å²) in [7, 11) is 2.07. The fourth-order valence-corrected chi connectivity index (χ4v) is 1.47. The van der Waals surface area contributed by atoms with Gasteiger partial charge in [-0.15, -0.1) is 0 Å². The van der Waals surface area contributed by atoms with Crippen molar-refractivity contribution in [2.75, 3.05) is 39.9 Å². The lowest BCUT2D eigenvalue weighted by molar-refractivity contribution is -0.121. The molecule has 0 saturated carbocycles. The van der Waals surface area contributed by atoms with E-state index in [1.165, 1.54) is 12.8 Å². The van der Waals surface area contributed by atoms with Gasteiger partial charge in [0.1, 0.15) is 0 Å². The number of rotatable bonds is 11. The molecule has 0 unspecified atom stereocenters. The Bertz CT molecular complexity index is 186. The maximum Gasteiger partial charge on any atom is 0.221 e. The molecule has 0 aliphatic rings. The van der Waals surface area contributed by atoms with Crippen molar-refractivity contribution in [2.24, 2.45) is 0 Å². The second-order valence-electron chi connectivity index (χ2n) is 4.31. The third-order valence-electron chi connectivity index (χ3n) is 2.61. The van der Waals surface area contributed by atoms with Crippen LogP contribution in [-0.4, -0.2) is 50.7 Å². The molecule has 0 bridgehead atoms. The van der Waals surface area contributed by atoms with Crippen LogP contribution in [0.3, 0.4) is 0 Å². The van der Waals surface area contributed by atoms with Crippen LogP contribution >= 0.6 is 0 Å². The molecule has 1 amide bonds. The summed E-state index contributed by atoms with van der Waals surface area (Å²) in [5, 5.41) is 2.91. The van der Waals surface area contributed by atoms with Crippen molar-refractivity contribution in [1.82, 2.24) is 10.2 Å². The summed E-state index contributed by atoms with van der Waals surface area (Å²) in [5.41, 5.74) is 0. The summed E-state index contributed by atoms with van der Waals surface area (Å²) in [6.45, 7) is 8.27. The third-order valence-corrected chi connectivity index (χ3v) is 2.61. The number of ether oxygens (including phenoxy) is 1. The van der Waals surface area contributed by atoms with Crippen LogP contribution in [0.4, 0.5) is 0 Å². The molecule has 0 rings (SSSR count). The zero-order chi connectivity index (χ0) is 12.9. The Morgan fingerprint density at radius 3 is 2.65 bits per heavy atom. The highest BCUT2D eigenvalue weighted by molar-refractivity contribution is 5.75. The van der Waals surface area contributed by atoms with E-state index in [9.17, 15) is 4.79 Å². The monoisotopic (exact) mass is 244 g/mol. The maximum atomic E-state index is 11.5. The van der Waals surface area contributed by atoms with Gasteiger partial charge in [0.15, 0.2) is 0 Å². The Morgan fingerprint density at radius 1 is 1.24 bits per heavy atom. The van der Waals surface area contributed by atoms with Crippen molar-refractivity contribution in [3.05, 3.63) is 0 Å². The molecule has 0 aromatic heterocycles. The van der Waals surface area contributed by atoms with Gasteiger partial charge in [0.2, 0.25) is 5.91 Å². The first kappa shape index (κ1) is 16.4. The van der Waals surface area contributed by atoms with Crippen molar-refractivity contribution in [1.29, 1.82) is 0 Å². The number of nitrogens with one attached hydrogen (secondary N) is 1. The highest BCUT2D eigenvalue weighted by Gasteiger charge is 2.03. The Hall–Kier alpha value is -0.610. The lowest BCUT2D eigenvalue weighted by Gasteiger charge is -2.15. The van der Waals surface area contributed by atoms with Gasteiger partial charge in [-0.05, 0) is 33.4 Å². The van der Waals surface area contributed by atoms with Crippen LogP contribution < -0.4 is 5.32 Å². The van der Waals surface area contributed by atoms with Crippen LogP contribution in [0.15, 0.2) is 0 Å². The topological polar surface area (TPSA) is 41.6 Å². The molecule has 0 aliphatic heterocycles. The first-order chi connectivity index (χ1) is 8.20. The Morgan fingerprint density at radius 2 is 2.00 bits per heavy atom. The van der Waals surface area contributed by atoms with Crippen LogP contribution in [0.25, 0.3) is 0 Å². The van der Waals surface area contributed by atoms with E-state index in [4.69, 9.17) is 4.74 Å². The van der Waals surface area contributed by atoms with Crippen molar-refractivity contribution >= 4 is 5.91 Å². The first-order valence-corrected chi connectivity index (χ1v) is 6.73. The summed E-state index contributed by atoms with van der Waals surface area (Å²) < 4.78 is 5.20. The van der Waals surface area contributed by atoms with Crippen LogP contribution in [0.2, 0.25) is 0 Å². The van der Waals surface area contributed by atoms with Crippen molar-refractivity contribution < 1.29 is 9.53 Å². The number of hydrogen-bond acceptors (Lipinski definition) is 3. The van der Waals surface area contributed by atoms with Crippen molar-refractivity contribution in [2.45, 2.75) is 39.5 Å². The van der Waals surface area contributed by atoms with E-state index in [1.54, 1.807) is 0 Å². The normalized spacial score (nSPS) is 10.8. The number of nitrogens with zero attached hydrogens (tertiary/aromatic N) is 1. The van der Waals surface area contributed by atoms with E-state index >= 15 is 0 Å². The highest BCUT2D eigenvalue weighted by atomic mass is 16.5. The predicted molar refractivity (Wildman–Crippen MR) is 71.1 cm³/mol. The average molecular weight is 244 g/mol. The quantitative estimate of drug-likeness (QED) is 0.562. The lowest BCUT2D eigenvalue weighted by Crippen LogP contribution is -2.30. The molecule has 0 aromatic carbocycles. The average Bonchev–Trinajstić information content (AvgIpc) is 2.33. The minimum atomic E-state index is 0.143. The standard InChI is InChI=1S/C13H28N2O2/c1-4-6-10-15(3)11-8-13(16)14-9-7-12-17-5-2/h4-12H2,1-3H3,(H,14,16). The van der Waals surface area contributed by atoms with Crippen LogP contribution in [0, 0.1) is 0 Å². The minimum Gasteiger partial charge on any atom is -0.382 e. The zero-order valence-corrected chi connectivity index (χ0v) is 11.6. The fourth-order valence-electron chi connectivity index (χ4n) is 1.47. The first-order valence-electron chi connectivity index (χ1n) is 6.73. The molecule has 4 nitrogen and oxygen atoms in total. The van der Waals surface area contributed by atoms with Gasteiger partial charge < -0.3 is 15.0 Å². The largest absolute Gasteiger partial charge is 0.382 e. The summed E-state index contributed by atoms with van der Waals surface area (Å²) in [5.74, 6) is 0.143. The molecule has 102 valence electrons. The fraction of sp³-hybridized carbons (Fsp3) is 0.923. The molecule has 4 heteroatoms. The molecule has 0 saturated heterocycles. The molecule has 17 heavy (non-hydrogen) atoms. The van der Waals surface area contributed by atoms with Crippen LogP contribution in [-0.2, 0) is 9.53 Å².